The van der Waals surface area contributed by atoms with Crippen LogP contribution in [0.25, 0.3) is 0 Å². The van der Waals surface area contributed by atoms with Gasteiger partial charge in [-0.15, -0.1) is 0 Å². The maximum absolute atomic E-state index is 5.39. The molecule has 1 aliphatic heterocycles. The summed E-state index contributed by atoms with van der Waals surface area (Å²) in [6, 6.07) is 6.13. The quantitative estimate of drug-likeness (QED) is 0.718. The normalized spacial score (nSPS) is 16.4. The first-order valence-electron chi connectivity index (χ1n) is 8.05. The van der Waals surface area contributed by atoms with Crippen LogP contribution >= 0.6 is 11.8 Å². The van der Waals surface area contributed by atoms with Crippen molar-refractivity contribution < 1.29 is 9.47 Å². The molecule has 0 bridgehead atoms. The van der Waals surface area contributed by atoms with Gasteiger partial charge in [0.25, 0.3) is 0 Å². The molecule has 0 aromatic heterocycles. The van der Waals surface area contributed by atoms with Gasteiger partial charge in [0.05, 0.1) is 14.2 Å². The van der Waals surface area contributed by atoms with Gasteiger partial charge in [-0.05, 0) is 18.7 Å². The first-order valence-corrected chi connectivity index (χ1v) is 9.20. The van der Waals surface area contributed by atoms with E-state index < -0.39 is 0 Å². The zero-order chi connectivity index (χ0) is 15.8. The predicted octanol–water partition coefficient (Wildman–Crippen LogP) is 2.97. The maximum atomic E-state index is 5.39. The summed E-state index contributed by atoms with van der Waals surface area (Å²) < 4.78 is 10.8. The number of ether oxygens (including phenoxy) is 2. The molecular weight excluding hydrogens is 296 g/mol. The number of hydrogen-bond donors (Lipinski definition) is 0. The minimum absolute atomic E-state index is 0.856. The zero-order valence-corrected chi connectivity index (χ0v) is 14.8. The van der Waals surface area contributed by atoms with Crippen molar-refractivity contribution in [1.82, 2.24) is 4.90 Å². The lowest BCUT2D eigenvalue weighted by Gasteiger charge is -2.24. The summed E-state index contributed by atoms with van der Waals surface area (Å²) in [6.45, 7) is 7.91. The van der Waals surface area contributed by atoms with Crippen LogP contribution in [0.1, 0.15) is 13.3 Å². The van der Waals surface area contributed by atoms with Crippen LogP contribution < -0.4 is 14.4 Å². The number of anilines is 1. The number of hydrogen-bond acceptors (Lipinski definition) is 5. The molecule has 0 radical (unpaired) electrons. The fourth-order valence-corrected chi connectivity index (χ4v) is 3.44. The lowest BCUT2D eigenvalue weighted by Crippen LogP contribution is -2.32. The second kappa shape index (κ2) is 9.16. The van der Waals surface area contributed by atoms with Gasteiger partial charge >= 0.3 is 0 Å². The molecule has 1 aliphatic rings. The zero-order valence-electron chi connectivity index (χ0n) is 14.0. The van der Waals surface area contributed by atoms with Crippen molar-refractivity contribution >= 4 is 17.4 Å². The molecule has 0 N–H and O–H groups in total. The maximum Gasteiger partial charge on any atom is 0.124 e. The molecule has 0 saturated carbocycles. The highest BCUT2D eigenvalue weighted by atomic mass is 32.2. The number of nitrogens with zero attached hydrogens (tertiary/aromatic N) is 2. The molecule has 0 unspecified atom stereocenters. The molecule has 2 rings (SSSR count). The smallest absolute Gasteiger partial charge is 0.124 e. The lowest BCUT2D eigenvalue weighted by atomic mass is 10.2. The number of methoxy groups -OCH3 is 2. The van der Waals surface area contributed by atoms with E-state index in [0.717, 1.165) is 31.1 Å². The Bertz CT molecular complexity index is 434. The van der Waals surface area contributed by atoms with Crippen LogP contribution in [-0.2, 0) is 0 Å². The summed E-state index contributed by atoms with van der Waals surface area (Å²) >= 11 is 2.03. The molecule has 22 heavy (non-hydrogen) atoms. The van der Waals surface area contributed by atoms with Crippen molar-refractivity contribution in [2.45, 2.75) is 13.3 Å². The van der Waals surface area contributed by atoms with E-state index in [0.29, 0.717) is 0 Å². The molecule has 0 spiro atoms. The molecule has 1 fully saturated rings. The highest BCUT2D eigenvalue weighted by Gasteiger charge is 2.16. The Balaban J connectivity index is 1.98. The minimum Gasteiger partial charge on any atom is -0.497 e. The van der Waals surface area contributed by atoms with E-state index in [2.05, 4.69) is 28.9 Å². The van der Waals surface area contributed by atoms with E-state index in [1.807, 2.05) is 17.8 Å². The Morgan fingerprint density at radius 2 is 1.73 bits per heavy atom. The van der Waals surface area contributed by atoms with Crippen molar-refractivity contribution in [1.29, 1.82) is 0 Å². The van der Waals surface area contributed by atoms with Gasteiger partial charge in [0.2, 0.25) is 0 Å². The molecule has 0 amide bonds. The third-order valence-electron chi connectivity index (χ3n) is 4.05. The Kier molecular flexibility index (Phi) is 7.19. The van der Waals surface area contributed by atoms with Crippen molar-refractivity contribution in [3.63, 3.8) is 0 Å². The predicted molar refractivity (Wildman–Crippen MR) is 95.8 cm³/mol. The van der Waals surface area contributed by atoms with Crippen LogP contribution in [0.15, 0.2) is 18.2 Å². The van der Waals surface area contributed by atoms with Crippen LogP contribution in [-0.4, -0.2) is 63.3 Å². The van der Waals surface area contributed by atoms with Crippen molar-refractivity contribution in [3.05, 3.63) is 18.2 Å². The molecule has 1 aromatic carbocycles. The van der Waals surface area contributed by atoms with Crippen LogP contribution in [0, 0.1) is 0 Å². The van der Waals surface area contributed by atoms with E-state index in [4.69, 9.17) is 9.47 Å². The fraction of sp³-hybridized carbons (Fsp3) is 0.647. The van der Waals surface area contributed by atoms with Gasteiger partial charge in [-0.3, -0.25) is 0 Å². The molecule has 1 heterocycles. The molecule has 5 heteroatoms. The van der Waals surface area contributed by atoms with Crippen LogP contribution in [0.5, 0.6) is 11.5 Å². The van der Waals surface area contributed by atoms with Crippen molar-refractivity contribution in [3.8, 4) is 11.5 Å². The van der Waals surface area contributed by atoms with E-state index in [-0.39, 0.29) is 0 Å². The molecule has 0 aliphatic carbocycles. The summed E-state index contributed by atoms with van der Waals surface area (Å²) in [6.07, 6.45) is 1.20. The number of thioether (sulfide) groups is 1. The fourth-order valence-electron chi connectivity index (χ4n) is 2.77. The number of benzene rings is 1. The third-order valence-corrected chi connectivity index (χ3v) is 4.93. The topological polar surface area (TPSA) is 24.9 Å². The summed E-state index contributed by atoms with van der Waals surface area (Å²) in [5.74, 6) is 4.16. The molecule has 1 aromatic rings. The van der Waals surface area contributed by atoms with Gasteiger partial charge in [-0.25, -0.2) is 0 Å². The highest BCUT2D eigenvalue weighted by molar-refractivity contribution is 7.99. The molecule has 124 valence electrons. The lowest BCUT2D eigenvalue weighted by molar-refractivity contribution is 0.312. The Morgan fingerprint density at radius 1 is 1.00 bits per heavy atom. The monoisotopic (exact) mass is 324 g/mol. The van der Waals surface area contributed by atoms with Gasteiger partial charge in [0.1, 0.15) is 11.5 Å². The summed E-state index contributed by atoms with van der Waals surface area (Å²) in [4.78, 5) is 5.03. The Hall–Kier alpha value is -1.07. The van der Waals surface area contributed by atoms with E-state index in [1.165, 1.54) is 36.7 Å². The van der Waals surface area contributed by atoms with Gasteiger partial charge in [0, 0.05) is 55.8 Å². The highest BCUT2D eigenvalue weighted by Crippen LogP contribution is 2.29. The Morgan fingerprint density at radius 3 is 2.36 bits per heavy atom. The van der Waals surface area contributed by atoms with E-state index >= 15 is 0 Å². The molecule has 4 nitrogen and oxygen atoms in total. The van der Waals surface area contributed by atoms with Crippen molar-refractivity contribution in [2.75, 3.05) is 63.3 Å². The SMILES string of the molecule is CCSCCN1CCCN(c2cc(OC)cc(OC)c2)CC1. The van der Waals surface area contributed by atoms with Gasteiger partial charge in [-0.2, -0.15) is 11.8 Å². The Labute approximate surface area is 138 Å². The second-order valence-corrected chi connectivity index (χ2v) is 6.84. The van der Waals surface area contributed by atoms with Gasteiger partial charge in [-0.1, -0.05) is 6.92 Å². The van der Waals surface area contributed by atoms with Gasteiger partial charge < -0.3 is 19.3 Å². The standard InChI is InChI=1S/C17H28N2O2S/c1-4-22-11-10-18-6-5-7-19(9-8-18)15-12-16(20-2)14-17(13-15)21-3/h12-14H,4-11H2,1-3H3. The average Bonchev–Trinajstić information content (AvgIpc) is 2.80. The van der Waals surface area contributed by atoms with Crippen LogP contribution in [0.4, 0.5) is 5.69 Å². The summed E-state index contributed by atoms with van der Waals surface area (Å²) in [5.41, 5.74) is 1.20. The first-order chi connectivity index (χ1) is 10.8. The van der Waals surface area contributed by atoms with Crippen LogP contribution in [0.2, 0.25) is 0 Å². The summed E-state index contributed by atoms with van der Waals surface area (Å²) in [7, 11) is 3.40. The van der Waals surface area contributed by atoms with E-state index in [1.54, 1.807) is 14.2 Å². The van der Waals surface area contributed by atoms with Crippen molar-refractivity contribution in [2.24, 2.45) is 0 Å². The average molecular weight is 324 g/mol. The number of rotatable bonds is 7. The minimum atomic E-state index is 0.856. The molecule has 0 atom stereocenters. The molecular formula is C17H28N2O2S. The van der Waals surface area contributed by atoms with Crippen LogP contribution in [0.3, 0.4) is 0 Å². The molecule has 1 saturated heterocycles. The largest absolute Gasteiger partial charge is 0.497 e. The second-order valence-electron chi connectivity index (χ2n) is 5.45. The van der Waals surface area contributed by atoms with E-state index in [9.17, 15) is 0 Å². The van der Waals surface area contributed by atoms with Gasteiger partial charge in [0.15, 0.2) is 0 Å². The third kappa shape index (κ3) is 4.99. The summed E-state index contributed by atoms with van der Waals surface area (Å²) in [5, 5.41) is 0. The first kappa shape index (κ1) is 17.3.